The van der Waals surface area contributed by atoms with Gasteiger partial charge in [0.15, 0.2) is 0 Å². The van der Waals surface area contributed by atoms with Crippen molar-refractivity contribution in [2.45, 2.75) is 57.1 Å². The van der Waals surface area contributed by atoms with Crippen molar-refractivity contribution in [2.24, 2.45) is 5.92 Å². The minimum absolute atomic E-state index is 0.154. The predicted molar refractivity (Wildman–Crippen MR) is 113 cm³/mol. The first kappa shape index (κ1) is 24.1. The SMILES string of the molecule is COC(=O)[C@@H](C)CCC(CNC(=O)OC(C)(C)C)SCc1ccc(OC)cc1. The summed E-state index contributed by atoms with van der Waals surface area (Å²) < 4.78 is 15.3. The number of hydrogen-bond donors (Lipinski definition) is 1. The van der Waals surface area contributed by atoms with Crippen molar-refractivity contribution >= 4 is 23.8 Å². The first-order chi connectivity index (χ1) is 13.1. The van der Waals surface area contributed by atoms with Crippen molar-refractivity contribution in [3.8, 4) is 5.75 Å². The molecular weight excluding hydrogens is 378 g/mol. The monoisotopic (exact) mass is 411 g/mol. The minimum atomic E-state index is -0.533. The molecule has 0 spiro atoms. The summed E-state index contributed by atoms with van der Waals surface area (Å²) in [6.07, 6.45) is 1.05. The summed E-state index contributed by atoms with van der Waals surface area (Å²) in [4.78, 5) is 23.6. The molecule has 0 radical (unpaired) electrons. The predicted octanol–water partition coefficient (Wildman–Crippen LogP) is 4.41. The second-order valence-corrected chi connectivity index (χ2v) is 8.95. The summed E-state index contributed by atoms with van der Waals surface area (Å²) in [5, 5.41) is 3.00. The molecule has 0 aliphatic rings. The summed E-state index contributed by atoms with van der Waals surface area (Å²) in [6, 6.07) is 7.93. The smallest absolute Gasteiger partial charge is 0.407 e. The summed E-state index contributed by atoms with van der Waals surface area (Å²) in [5.74, 6) is 1.25. The second kappa shape index (κ2) is 11.8. The van der Waals surface area contributed by atoms with E-state index in [0.29, 0.717) is 13.0 Å². The fourth-order valence-electron chi connectivity index (χ4n) is 2.45. The molecule has 0 fully saturated rings. The number of esters is 1. The van der Waals surface area contributed by atoms with Gasteiger partial charge < -0.3 is 19.5 Å². The van der Waals surface area contributed by atoms with Crippen molar-refractivity contribution in [2.75, 3.05) is 20.8 Å². The van der Waals surface area contributed by atoms with Crippen LogP contribution in [0.25, 0.3) is 0 Å². The number of nitrogens with one attached hydrogen (secondary N) is 1. The lowest BCUT2D eigenvalue weighted by Gasteiger charge is -2.22. The zero-order chi connectivity index (χ0) is 21.2. The average molecular weight is 412 g/mol. The Bertz CT molecular complexity index is 612. The van der Waals surface area contributed by atoms with E-state index in [2.05, 4.69) is 5.32 Å². The molecule has 1 aromatic carbocycles. The highest BCUT2D eigenvalue weighted by Crippen LogP contribution is 2.24. The summed E-state index contributed by atoms with van der Waals surface area (Å²) in [7, 11) is 3.05. The molecule has 6 nitrogen and oxygen atoms in total. The van der Waals surface area contributed by atoms with Crippen LogP contribution in [0.3, 0.4) is 0 Å². The third-order valence-electron chi connectivity index (χ3n) is 4.04. The molecule has 7 heteroatoms. The van der Waals surface area contributed by atoms with Gasteiger partial charge in [0.25, 0.3) is 0 Å². The average Bonchev–Trinajstić information content (AvgIpc) is 2.65. The number of benzene rings is 1. The van der Waals surface area contributed by atoms with Crippen molar-refractivity contribution in [1.82, 2.24) is 5.32 Å². The number of ether oxygens (including phenoxy) is 3. The molecular formula is C21H33NO5S. The molecule has 0 aliphatic heterocycles. The molecule has 28 heavy (non-hydrogen) atoms. The van der Waals surface area contributed by atoms with Crippen LogP contribution < -0.4 is 10.1 Å². The van der Waals surface area contributed by atoms with E-state index in [1.165, 1.54) is 12.7 Å². The number of carbonyl (C=O) groups is 2. The number of methoxy groups -OCH3 is 2. The van der Waals surface area contributed by atoms with Gasteiger partial charge in [-0.2, -0.15) is 11.8 Å². The van der Waals surface area contributed by atoms with Crippen LogP contribution in [0.4, 0.5) is 4.79 Å². The van der Waals surface area contributed by atoms with E-state index in [1.807, 2.05) is 52.0 Å². The van der Waals surface area contributed by atoms with E-state index in [4.69, 9.17) is 14.2 Å². The van der Waals surface area contributed by atoms with Gasteiger partial charge in [0.1, 0.15) is 11.4 Å². The molecule has 158 valence electrons. The molecule has 0 bridgehead atoms. The third-order valence-corrected chi connectivity index (χ3v) is 5.42. The fraction of sp³-hybridized carbons (Fsp3) is 0.619. The van der Waals surface area contributed by atoms with Crippen LogP contribution in [0.5, 0.6) is 5.75 Å². The van der Waals surface area contributed by atoms with Crippen molar-refractivity contribution < 1.29 is 23.8 Å². The van der Waals surface area contributed by atoms with E-state index < -0.39 is 11.7 Å². The van der Waals surface area contributed by atoms with Gasteiger partial charge in [-0.25, -0.2) is 4.79 Å². The van der Waals surface area contributed by atoms with Crippen LogP contribution >= 0.6 is 11.8 Å². The molecule has 1 rings (SSSR count). The van der Waals surface area contributed by atoms with Crippen LogP contribution in [0.1, 0.15) is 46.1 Å². The maximum atomic E-state index is 12.0. The minimum Gasteiger partial charge on any atom is -0.497 e. The Labute approximate surface area is 172 Å². The standard InChI is InChI=1S/C21H33NO5S/c1-15(19(23)26-6)7-12-18(13-22-20(24)27-21(2,3)4)28-14-16-8-10-17(25-5)11-9-16/h8-11,15,18H,7,12-14H2,1-6H3,(H,22,24)/t15-,18?/m0/s1. The zero-order valence-electron chi connectivity index (χ0n) is 17.7. The largest absolute Gasteiger partial charge is 0.497 e. The van der Waals surface area contributed by atoms with Crippen LogP contribution in [0, 0.1) is 5.92 Å². The number of thioether (sulfide) groups is 1. The highest BCUT2D eigenvalue weighted by atomic mass is 32.2. The van der Waals surface area contributed by atoms with Gasteiger partial charge in [0.2, 0.25) is 0 Å². The molecule has 1 unspecified atom stereocenters. The van der Waals surface area contributed by atoms with Crippen LogP contribution in [-0.4, -0.2) is 43.7 Å². The number of carbonyl (C=O) groups excluding carboxylic acids is 2. The fourth-order valence-corrected chi connectivity index (χ4v) is 3.57. The maximum absolute atomic E-state index is 12.0. The first-order valence-corrected chi connectivity index (χ1v) is 10.5. The zero-order valence-corrected chi connectivity index (χ0v) is 18.6. The Hall–Kier alpha value is -1.89. The van der Waals surface area contributed by atoms with Crippen molar-refractivity contribution in [3.05, 3.63) is 29.8 Å². The van der Waals surface area contributed by atoms with Gasteiger partial charge >= 0.3 is 12.1 Å². The molecule has 0 saturated carbocycles. The molecule has 2 atom stereocenters. The van der Waals surface area contributed by atoms with Gasteiger partial charge in [0, 0.05) is 17.5 Å². The highest BCUT2D eigenvalue weighted by Gasteiger charge is 2.20. The normalized spacial score (nSPS) is 13.4. The summed E-state index contributed by atoms with van der Waals surface area (Å²) in [6.45, 7) is 7.84. The number of alkyl carbamates (subject to hydrolysis) is 1. The van der Waals surface area contributed by atoms with E-state index in [9.17, 15) is 9.59 Å². The lowest BCUT2D eigenvalue weighted by molar-refractivity contribution is -0.145. The quantitative estimate of drug-likeness (QED) is 0.575. The van der Waals surface area contributed by atoms with Gasteiger partial charge in [-0.15, -0.1) is 0 Å². The van der Waals surface area contributed by atoms with Crippen LogP contribution in [0.15, 0.2) is 24.3 Å². The Kier molecular flexibility index (Phi) is 10.2. The van der Waals surface area contributed by atoms with Gasteiger partial charge in [-0.05, 0) is 51.3 Å². The molecule has 0 heterocycles. The lowest BCUT2D eigenvalue weighted by Crippen LogP contribution is -2.36. The highest BCUT2D eigenvalue weighted by molar-refractivity contribution is 7.99. The van der Waals surface area contributed by atoms with E-state index in [-0.39, 0.29) is 17.1 Å². The van der Waals surface area contributed by atoms with Gasteiger partial charge in [-0.1, -0.05) is 19.1 Å². The Morgan fingerprint density at radius 3 is 2.29 bits per heavy atom. The van der Waals surface area contributed by atoms with E-state index in [0.717, 1.165) is 17.9 Å². The van der Waals surface area contributed by atoms with Gasteiger partial charge in [-0.3, -0.25) is 4.79 Å². The van der Waals surface area contributed by atoms with E-state index >= 15 is 0 Å². The molecule has 1 N–H and O–H groups in total. The third kappa shape index (κ3) is 9.88. The van der Waals surface area contributed by atoms with Crippen molar-refractivity contribution in [1.29, 1.82) is 0 Å². The number of hydrogen-bond acceptors (Lipinski definition) is 6. The Morgan fingerprint density at radius 2 is 1.75 bits per heavy atom. The number of amides is 1. The molecule has 1 aromatic rings. The first-order valence-electron chi connectivity index (χ1n) is 9.43. The Morgan fingerprint density at radius 1 is 1.11 bits per heavy atom. The number of rotatable bonds is 10. The van der Waals surface area contributed by atoms with Gasteiger partial charge in [0.05, 0.1) is 20.1 Å². The lowest BCUT2D eigenvalue weighted by atomic mass is 10.0. The van der Waals surface area contributed by atoms with Crippen molar-refractivity contribution in [3.63, 3.8) is 0 Å². The Balaban J connectivity index is 2.62. The molecule has 0 aromatic heterocycles. The molecule has 0 aliphatic carbocycles. The molecule has 1 amide bonds. The maximum Gasteiger partial charge on any atom is 0.407 e. The summed E-state index contributed by atoms with van der Waals surface area (Å²) >= 11 is 1.75. The topological polar surface area (TPSA) is 73.9 Å². The van der Waals surface area contributed by atoms with Crippen LogP contribution in [0.2, 0.25) is 0 Å². The van der Waals surface area contributed by atoms with Crippen LogP contribution in [-0.2, 0) is 20.0 Å². The van der Waals surface area contributed by atoms with E-state index in [1.54, 1.807) is 18.9 Å². The second-order valence-electron chi connectivity index (χ2n) is 7.67. The summed E-state index contributed by atoms with van der Waals surface area (Å²) in [5.41, 5.74) is 0.643. The molecule has 0 saturated heterocycles.